The second kappa shape index (κ2) is 23.2. The maximum atomic E-state index is 11.9. The van der Waals surface area contributed by atoms with Gasteiger partial charge in [-0.2, -0.15) is 0 Å². The number of anilines is 1. The highest BCUT2D eigenvalue weighted by Gasteiger charge is 2.04. The van der Waals surface area contributed by atoms with Crippen LogP contribution in [0, 0.1) is 0 Å². The Morgan fingerprint density at radius 2 is 0.978 bits per heavy atom. The van der Waals surface area contributed by atoms with Gasteiger partial charge in [0.1, 0.15) is 0 Å². The molecule has 1 aromatic heterocycles. The van der Waals surface area contributed by atoms with Crippen LogP contribution in [0.1, 0.15) is 97.8 Å². The third-order valence-corrected chi connectivity index (χ3v) is 7.84. The van der Waals surface area contributed by atoms with Crippen molar-refractivity contribution in [2.45, 2.75) is 77.0 Å². The minimum atomic E-state index is 0.0234. The molecule has 0 saturated carbocycles. The molecule has 3 aromatic carbocycles. The maximum Gasteiger partial charge on any atom is 0.251 e. The van der Waals surface area contributed by atoms with Crippen LogP contribution in [-0.2, 0) is 0 Å². The second-order valence-corrected chi connectivity index (χ2v) is 11.6. The van der Waals surface area contributed by atoms with Crippen molar-refractivity contribution in [3.05, 3.63) is 108 Å². The molecule has 7 heteroatoms. The zero-order chi connectivity index (χ0) is 32.5. The van der Waals surface area contributed by atoms with Gasteiger partial charge in [-0.3, -0.25) is 14.6 Å². The summed E-state index contributed by atoms with van der Waals surface area (Å²) >= 11 is 0. The van der Waals surface area contributed by atoms with Gasteiger partial charge >= 0.3 is 0 Å². The first kappa shape index (κ1) is 36.2. The second-order valence-electron chi connectivity index (χ2n) is 11.6. The standard InChI is InChI=1S/C24H29N3O.C15H24N2O/c28-24(20-12-6-5-7-13-20)27-18-11-4-2-1-3-10-17-25-23-16-19-26-22-15-9-8-14-21(22)23;16-12-8-3-1-2-4-9-13-17-15(18)14-10-6-5-7-11-14/h5-9,12-16,19H,1-4,10-11,17-18H2,(H,25,26)(H,27,28);5-7,10-11H,1-4,8-9,12-13,16H2,(H,17,18). The lowest BCUT2D eigenvalue weighted by Gasteiger charge is -2.09. The van der Waals surface area contributed by atoms with Crippen LogP contribution in [0.4, 0.5) is 5.69 Å². The summed E-state index contributed by atoms with van der Waals surface area (Å²) < 4.78 is 0. The van der Waals surface area contributed by atoms with Crippen LogP contribution in [0.15, 0.2) is 97.2 Å². The molecule has 0 bridgehead atoms. The molecular formula is C39H53N5O2. The van der Waals surface area contributed by atoms with E-state index in [4.69, 9.17) is 5.73 Å². The van der Waals surface area contributed by atoms with Crippen molar-refractivity contribution in [3.63, 3.8) is 0 Å². The van der Waals surface area contributed by atoms with Crippen LogP contribution >= 0.6 is 0 Å². The molecule has 0 aliphatic rings. The van der Waals surface area contributed by atoms with E-state index in [1.54, 1.807) is 0 Å². The number of fused-ring (bicyclic) bond motifs is 1. The number of carbonyl (C=O) groups is 2. The van der Waals surface area contributed by atoms with Crippen molar-refractivity contribution in [2.75, 3.05) is 31.5 Å². The summed E-state index contributed by atoms with van der Waals surface area (Å²) in [6.07, 6.45) is 16.0. The van der Waals surface area contributed by atoms with Crippen LogP contribution in [-0.4, -0.2) is 43.0 Å². The van der Waals surface area contributed by atoms with Gasteiger partial charge in [0.25, 0.3) is 11.8 Å². The normalized spacial score (nSPS) is 10.5. The summed E-state index contributed by atoms with van der Waals surface area (Å²) in [7, 11) is 0. The van der Waals surface area contributed by atoms with E-state index in [0.717, 1.165) is 68.5 Å². The average molecular weight is 624 g/mol. The molecule has 246 valence electrons. The number of nitrogens with zero attached hydrogens (tertiary/aromatic N) is 1. The molecule has 0 fully saturated rings. The van der Waals surface area contributed by atoms with Crippen molar-refractivity contribution in [1.82, 2.24) is 15.6 Å². The predicted molar refractivity (Wildman–Crippen MR) is 192 cm³/mol. The molecule has 4 aromatic rings. The quantitative estimate of drug-likeness (QED) is 0.0743. The summed E-state index contributed by atoms with van der Waals surface area (Å²) in [6, 6.07) is 29.0. The lowest BCUT2D eigenvalue weighted by Crippen LogP contribution is -2.24. The van der Waals surface area contributed by atoms with Crippen LogP contribution in [0.2, 0.25) is 0 Å². The molecule has 0 aliphatic carbocycles. The van der Waals surface area contributed by atoms with Gasteiger partial charge in [0.2, 0.25) is 0 Å². The maximum absolute atomic E-state index is 11.9. The van der Waals surface area contributed by atoms with E-state index >= 15 is 0 Å². The summed E-state index contributed by atoms with van der Waals surface area (Å²) in [5.74, 6) is 0.0500. The highest BCUT2D eigenvalue weighted by Crippen LogP contribution is 2.21. The number of aromatic nitrogens is 1. The lowest BCUT2D eigenvalue weighted by atomic mass is 10.1. The molecule has 46 heavy (non-hydrogen) atoms. The van der Waals surface area contributed by atoms with Crippen molar-refractivity contribution in [2.24, 2.45) is 5.73 Å². The fraction of sp³-hybridized carbons (Fsp3) is 0.410. The molecule has 4 rings (SSSR count). The molecule has 0 aliphatic heterocycles. The van der Waals surface area contributed by atoms with Crippen LogP contribution < -0.4 is 21.7 Å². The van der Waals surface area contributed by atoms with Crippen molar-refractivity contribution < 1.29 is 9.59 Å². The van der Waals surface area contributed by atoms with Gasteiger partial charge in [0, 0.05) is 48.0 Å². The van der Waals surface area contributed by atoms with Crippen molar-refractivity contribution in [3.8, 4) is 0 Å². The third-order valence-electron chi connectivity index (χ3n) is 7.84. The highest BCUT2D eigenvalue weighted by atomic mass is 16.2. The van der Waals surface area contributed by atoms with Crippen molar-refractivity contribution >= 4 is 28.4 Å². The van der Waals surface area contributed by atoms with E-state index in [1.165, 1.54) is 62.4 Å². The fourth-order valence-corrected chi connectivity index (χ4v) is 5.19. The van der Waals surface area contributed by atoms with E-state index in [2.05, 4.69) is 33.1 Å². The number of unbranched alkanes of at least 4 members (excludes halogenated alkanes) is 10. The van der Waals surface area contributed by atoms with Gasteiger partial charge in [0.15, 0.2) is 0 Å². The summed E-state index contributed by atoms with van der Waals surface area (Å²) in [6.45, 7) is 3.31. The zero-order valence-corrected chi connectivity index (χ0v) is 27.4. The summed E-state index contributed by atoms with van der Waals surface area (Å²) in [5, 5.41) is 10.7. The van der Waals surface area contributed by atoms with E-state index in [0.29, 0.717) is 0 Å². The minimum absolute atomic E-state index is 0.0234. The smallest absolute Gasteiger partial charge is 0.251 e. The number of amides is 2. The van der Waals surface area contributed by atoms with Crippen LogP contribution in [0.3, 0.4) is 0 Å². The van der Waals surface area contributed by atoms with Crippen molar-refractivity contribution in [1.29, 1.82) is 0 Å². The molecule has 0 radical (unpaired) electrons. The molecule has 1 heterocycles. The number of pyridine rings is 1. The molecular weight excluding hydrogens is 570 g/mol. The molecule has 0 atom stereocenters. The number of hydrogen-bond acceptors (Lipinski definition) is 5. The zero-order valence-electron chi connectivity index (χ0n) is 27.4. The number of nitrogens with one attached hydrogen (secondary N) is 3. The number of hydrogen-bond donors (Lipinski definition) is 4. The largest absolute Gasteiger partial charge is 0.384 e. The Morgan fingerprint density at radius 3 is 1.52 bits per heavy atom. The summed E-state index contributed by atoms with van der Waals surface area (Å²) in [5.41, 5.74) is 9.10. The summed E-state index contributed by atoms with van der Waals surface area (Å²) in [4.78, 5) is 28.0. The van der Waals surface area contributed by atoms with E-state index in [9.17, 15) is 9.59 Å². The molecule has 5 N–H and O–H groups in total. The monoisotopic (exact) mass is 623 g/mol. The molecule has 7 nitrogen and oxygen atoms in total. The number of carbonyl (C=O) groups excluding carboxylic acids is 2. The first-order valence-corrected chi connectivity index (χ1v) is 17.1. The van der Waals surface area contributed by atoms with E-state index in [-0.39, 0.29) is 11.8 Å². The van der Waals surface area contributed by atoms with Gasteiger partial charge in [-0.1, -0.05) is 106 Å². The molecule has 0 saturated heterocycles. The van der Waals surface area contributed by atoms with Gasteiger partial charge in [-0.05, 0) is 68.6 Å². The number of rotatable bonds is 20. The SMILES string of the molecule is NCCCCCCCCNC(=O)c1ccccc1.O=C(NCCCCCCCCNc1ccnc2ccccc12)c1ccccc1. The van der Waals surface area contributed by atoms with Gasteiger partial charge in [-0.25, -0.2) is 0 Å². The Balaban J connectivity index is 0.000000277. The number of benzene rings is 3. The average Bonchev–Trinajstić information content (AvgIpc) is 3.11. The highest BCUT2D eigenvalue weighted by molar-refractivity contribution is 5.94. The number of para-hydroxylation sites is 1. The van der Waals surface area contributed by atoms with Gasteiger partial charge in [-0.15, -0.1) is 0 Å². The third kappa shape index (κ3) is 14.7. The Labute approximate surface area is 275 Å². The fourth-order valence-electron chi connectivity index (χ4n) is 5.19. The Morgan fingerprint density at radius 1 is 0.522 bits per heavy atom. The topological polar surface area (TPSA) is 109 Å². The van der Waals surface area contributed by atoms with Gasteiger partial charge in [0.05, 0.1) is 5.52 Å². The van der Waals surface area contributed by atoms with E-state index < -0.39 is 0 Å². The van der Waals surface area contributed by atoms with Gasteiger partial charge < -0.3 is 21.7 Å². The predicted octanol–water partition coefficient (Wildman–Crippen LogP) is 8.13. The minimum Gasteiger partial charge on any atom is -0.384 e. The number of nitrogens with two attached hydrogens (primary N) is 1. The Bertz CT molecular complexity index is 1380. The first-order valence-electron chi connectivity index (χ1n) is 17.1. The Hall–Kier alpha value is -4.23. The van der Waals surface area contributed by atoms with Crippen LogP contribution in [0.5, 0.6) is 0 Å². The molecule has 0 spiro atoms. The van der Waals surface area contributed by atoms with E-state index in [1.807, 2.05) is 85.1 Å². The molecule has 0 unspecified atom stereocenters. The Kier molecular flexibility index (Phi) is 18.2. The van der Waals surface area contributed by atoms with Crippen LogP contribution in [0.25, 0.3) is 10.9 Å². The first-order chi connectivity index (χ1) is 22.7. The molecule has 2 amide bonds. The lowest BCUT2D eigenvalue weighted by molar-refractivity contribution is 0.0944.